The first-order chi connectivity index (χ1) is 29.0. The Hall–Kier alpha value is -5.85. The number of ether oxygens (including phenoxy) is 1. The van der Waals surface area contributed by atoms with Gasteiger partial charge in [0.25, 0.3) is 0 Å². The van der Waals surface area contributed by atoms with Gasteiger partial charge in [0.15, 0.2) is 23.0 Å². The first kappa shape index (κ1) is 40.9. The summed E-state index contributed by atoms with van der Waals surface area (Å²) < 4.78 is 9.55. The zero-order chi connectivity index (χ0) is 42.2. The number of H-pyrrole nitrogens is 4. The van der Waals surface area contributed by atoms with Gasteiger partial charge in [-0.2, -0.15) is 0 Å². The molecule has 6 aromatic rings. The molecule has 0 unspecified atom stereocenters. The minimum Gasteiger partial charge on any atom is -0.453 e. The number of carbonyl (C=O) groups is 4. The highest BCUT2D eigenvalue weighted by Gasteiger charge is 2.39. The average molecular weight is 929 g/mol. The number of hydrogen-bond donors (Lipinski definition) is 6. The van der Waals surface area contributed by atoms with Crippen molar-refractivity contribution in [3.8, 4) is 33.6 Å². The molecule has 314 valence electrons. The van der Waals surface area contributed by atoms with Crippen molar-refractivity contribution in [2.45, 2.75) is 77.5 Å². The zero-order valence-electron chi connectivity index (χ0n) is 34.1. The van der Waals surface area contributed by atoms with Gasteiger partial charge in [0.05, 0.1) is 54.0 Å². The second-order valence-corrected chi connectivity index (χ2v) is 16.6. The highest BCUT2D eigenvalue weighted by Crippen LogP contribution is 2.41. The van der Waals surface area contributed by atoms with Gasteiger partial charge in [-0.05, 0) is 55.2 Å². The summed E-state index contributed by atoms with van der Waals surface area (Å²) in [5.41, 5.74) is 7.59. The first-order valence-corrected chi connectivity index (χ1v) is 21.2. The van der Waals surface area contributed by atoms with Gasteiger partial charge in [0.2, 0.25) is 11.8 Å². The third-order valence-electron chi connectivity index (χ3n) is 11.9. The van der Waals surface area contributed by atoms with Crippen LogP contribution in [0.4, 0.5) is 9.59 Å². The van der Waals surface area contributed by atoms with Crippen LogP contribution in [0.3, 0.4) is 0 Å². The molecule has 6 heterocycles. The number of amides is 4. The van der Waals surface area contributed by atoms with Gasteiger partial charge in [-0.1, -0.05) is 52.0 Å². The number of hydrogen-bond acceptors (Lipinski definition) is 8. The van der Waals surface area contributed by atoms with Gasteiger partial charge in [-0.15, -0.1) is 0 Å². The van der Waals surface area contributed by atoms with E-state index >= 15 is 0 Å². The third-order valence-corrected chi connectivity index (χ3v) is 12.3. The molecule has 17 heteroatoms. The van der Waals surface area contributed by atoms with Crippen LogP contribution in [0.15, 0.2) is 61.2 Å². The summed E-state index contributed by atoms with van der Waals surface area (Å²) in [7, 11) is 1.29. The lowest BCUT2D eigenvalue weighted by Gasteiger charge is -2.30. The van der Waals surface area contributed by atoms with Crippen LogP contribution in [-0.4, -0.2) is 96.0 Å². The number of rotatable bonds is 11. The third kappa shape index (κ3) is 7.58. The van der Waals surface area contributed by atoms with Crippen molar-refractivity contribution in [2.24, 2.45) is 11.8 Å². The SMILES string of the molecule is COC(=O)N[C@H](C(=O)N1CCC[C@H]1c1ncc(-c2ccc(-c3ccc(-c4cnc([C@@H]5CCCN5C(=O)[C@@H](NC(=O)OI)C(C)C)[nH]4)c4[nH]ccc34)c3[nH]ccc23)[nH]1)C(C)C. The fourth-order valence-electron chi connectivity index (χ4n) is 8.87. The number of benzene rings is 2. The molecule has 0 saturated carbocycles. The predicted molar refractivity (Wildman–Crippen MR) is 235 cm³/mol. The highest BCUT2D eigenvalue weighted by atomic mass is 127. The number of methoxy groups -OCH3 is 1. The Morgan fingerprint density at radius 1 is 0.683 bits per heavy atom. The lowest BCUT2D eigenvalue weighted by Crippen LogP contribution is -2.51. The lowest BCUT2D eigenvalue weighted by atomic mass is 9.94. The van der Waals surface area contributed by atoms with Crippen molar-refractivity contribution in [3.63, 3.8) is 0 Å². The molecule has 0 radical (unpaired) electrons. The molecule has 8 rings (SSSR count). The molecule has 6 N–H and O–H groups in total. The minimum absolute atomic E-state index is 0.123. The van der Waals surface area contributed by atoms with E-state index in [4.69, 9.17) is 17.8 Å². The molecule has 60 heavy (non-hydrogen) atoms. The topological polar surface area (TPSA) is 206 Å². The molecule has 2 aliphatic rings. The number of alkyl carbamates (subject to hydrolysis) is 1. The molecule has 4 amide bonds. The van der Waals surface area contributed by atoms with E-state index in [1.165, 1.54) is 30.1 Å². The summed E-state index contributed by atoms with van der Waals surface area (Å²) in [6, 6.07) is 10.6. The Bertz CT molecular complexity index is 2380. The fourth-order valence-corrected chi connectivity index (χ4v) is 8.99. The number of carbonyl (C=O) groups excluding carboxylic acids is 4. The van der Waals surface area contributed by atoms with E-state index in [1.54, 1.807) is 0 Å². The summed E-state index contributed by atoms with van der Waals surface area (Å²) in [6.07, 6.45) is 9.41. The van der Waals surface area contributed by atoms with Crippen LogP contribution in [0.1, 0.15) is 77.1 Å². The maximum absolute atomic E-state index is 13.7. The largest absolute Gasteiger partial charge is 0.453 e. The van der Waals surface area contributed by atoms with Crippen LogP contribution in [0, 0.1) is 11.8 Å². The molecule has 2 fully saturated rings. The molecule has 0 spiro atoms. The molecule has 2 saturated heterocycles. The summed E-state index contributed by atoms with van der Waals surface area (Å²) in [5, 5.41) is 7.47. The van der Waals surface area contributed by atoms with Crippen LogP contribution in [0.5, 0.6) is 0 Å². The summed E-state index contributed by atoms with van der Waals surface area (Å²) >= 11 is 1.52. The number of aromatic amines is 4. The molecular formula is C43H49IN10O6. The van der Waals surface area contributed by atoms with E-state index < -0.39 is 24.3 Å². The molecule has 2 aromatic carbocycles. The van der Waals surface area contributed by atoms with Crippen molar-refractivity contribution < 1.29 is 27.0 Å². The number of nitrogens with one attached hydrogen (secondary N) is 6. The second-order valence-electron chi connectivity index (χ2n) is 16.2. The van der Waals surface area contributed by atoms with E-state index in [1.807, 2.05) is 62.3 Å². The fraction of sp³-hybridized carbons (Fsp3) is 0.395. The van der Waals surface area contributed by atoms with Gasteiger partial charge in [-0.3, -0.25) is 9.59 Å². The van der Waals surface area contributed by atoms with E-state index in [9.17, 15) is 19.2 Å². The van der Waals surface area contributed by atoms with Crippen LogP contribution in [-0.2, 0) is 17.4 Å². The van der Waals surface area contributed by atoms with E-state index in [2.05, 4.69) is 67.0 Å². The van der Waals surface area contributed by atoms with Crippen LogP contribution in [0.2, 0.25) is 0 Å². The van der Waals surface area contributed by atoms with Crippen molar-refractivity contribution in [1.29, 1.82) is 0 Å². The quantitative estimate of drug-likeness (QED) is 0.0703. The van der Waals surface area contributed by atoms with Crippen molar-refractivity contribution >= 4 is 68.8 Å². The number of likely N-dealkylation sites (tertiary alicyclic amines) is 2. The van der Waals surface area contributed by atoms with Gasteiger partial charge in [0.1, 0.15) is 23.7 Å². The standard InChI is InChI=1S/C43H49IN10O6/c1-22(2)34(51-42(57)59-5)40(55)53-18-6-8-32(53)38-47-20-30(49-38)25-11-12-26(36-28(25)15-17-45-36)24-10-13-29(37-27(24)14-16-46-37)31-21-48-39(50-31)33-9-7-19-54(33)41(56)35(23(3)4)52-43(58)60-44/h10-17,20-23,32-35,45-46H,6-9,18-19H2,1-5H3,(H,47,49)(H,48,50)(H,51,57)(H,52,58)/t32-,33-,34-,35-/m0/s1. The van der Waals surface area contributed by atoms with E-state index in [0.717, 1.165) is 81.1 Å². The zero-order valence-corrected chi connectivity index (χ0v) is 36.3. The van der Waals surface area contributed by atoms with Gasteiger partial charge in [0, 0.05) is 52.9 Å². The van der Waals surface area contributed by atoms with Crippen molar-refractivity contribution in [3.05, 3.63) is 72.8 Å². The smallest absolute Gasteiger partial charge is 0.417 e. The number of fused-ring (bicyclic) bond motifs is 2. The molecule has 0 bridgehead atoms. The average Bonchev–Trinajstić information content (AvgIpc) is 4.10. The van der Waals surface area contributed by atoms with Crippen molar-refractivity contribution in [1.82, 2.24) is 50.3 Å². The highest BCUT2D eigenvalue weighted by molar-refractivity contribution is 14.1. The number of halogens is 1. The Balaban J connectivity index is 1.05. The Labute approximate surface area is 360 Å². The maximum atomic E-state index is 13.7. The Morgan fingerprint density at radius 2 is 1.15 bits per heavy atom. The monoisotopic (exact) mass is 928 g/mol. The Morgan fingerprint density at radius 3 is 1.68 bits per heavy atom. The van der Waals surface area contributed by atoms with Crippen LogP contribution in [0.25, 0.3) is 55.4 Å². The van der Waals surface area contributed by atoms with Crippen molar-refractivity contribution in [2.75, 3.05) is 20.2 Å². The van der Waals surface area contributed by atoms with E-state index in [-0.39, 0.29) is 35.7 Å². The van der Waals surface area contributed by atoms with Crippen LogP contribution < -0.4 is 10.6 Å². The molecule has 16 nitrogen and oxygen atoms in total. The maximum Gasteiger partial charge on any atom is 0.417 e. The van der Waals surface area contributed by atoms with Crippen LogP contribution >= 0.6 is 23.0 Å². The minimum atomic E-state index is -0.715. The Kier molecular flexibility index (Phi) is 11.6. The summed E-state index contributed by atoms with van der Waals surface area (Å²) in [4.78, 5) is 78.7. The summed E-state index contributed by atoms with van der Waals surface area (Å²) in [6.45, 7) is 8.75. The number of aromatic nitrogens is 6. The number of nitrogens with zero attached hydrogens (tertiary/aromatic N) is 4. The molecule has 4 atom stereocenters. The predicted octanol–water partition coefficient (Wildman–Crippen LogP) is 7.90. The lowest BCUT2D eigenvalue weighted by molar-refractivity contribution is -0.136. The second kappa shape index (κ2) is 17.0. The normalized spacial score (nSPS) is 17.8. The molecular weight excluding hydrogens is 879 g/mol. The van der Waals surface area contributed by atoms with E-state index in [0.29, 0.717) is 24.7 Å². The van der Waals surface area contributed by atoms with Gasteiger partial charge < -0.3 is 48.2 Å². The van der Waals surface area contributed by atoms with Gasteiger partial charge in [-0.25, -0.2) is 19.6 Å². The molecule has 0 aliphatic carbocycles. The number of imidazole rings is 2. The van der Waals surface area contributed by atoms with Gasteiger partial charge >= 0.3 is 12.2 Å². The molecule has 4 aromatic heterocycles. The summed E-state index contributed by atoms with van der Waals surface area (Å²) in [5.74, 6) is 0.849. The molecule has 2 aliphatic heterocycles. The first-order valence-electron chi connectivity index (χ1n) is 20.3.